The van der Waals surface area contributed by atoms with Crippen molar-refractivity contribution in [3.63, 3.8) is 0 Å². The second kappa shape index (κ2) is 5.11. The van der Waals surface area contributed by atoms with Gasteiger partial charge >= 0.3 is 0 Å². The Labute approximate surface area is 119 Å². The van der Waals surface area contributed by atoms with Crippen LogP contribution >= 0.6 is 0 Å². The van der Waals surface area contributed by atoms with Crippen molar-refractivity contribution in [2.75, 3.05) is 13.2 Å². The average Bonchev–Trinajstić information content (AvgIpc) is 2.85. The molecule has 20 heavy (non-hydrogen) atoms. The smallest absolute Gasteiger partial charge is 0.195 e. The summed E-state index contributed by atoms with van der Waals surface area (Å²) in [6.45, 7) is 2.04. The summed E-state index contributed by atoms with van der Waals surface area (Å²) in [7, 11) is 0. The van der Waals surface area contributed by atoms with Gasteiger partial charge in [0, 0.05) is 19.4 Å². The first-order chi connectivity index (χ1) is 9.86. The van der Waals surface area contributed by atoms with Gasteiger partial charge in [-0.05, 0) is 12.0 Å². The van der Waals surface area contributed by atoms with E-state index in [0.717, 1.165) is 25.9 Å². The molecule has 4 heteroatoms. The van der Waals surface area contributed by atoms with Crippen molar-refractivity contribution in [1.29, 1.82) is 0 Å². The van der Waals surface area contributed by atoms with E-state index in [4.69, 9.17) is 18.9 Å². The summed E-state index contributed by atoms with van der Waals surface area (Å²) in [4.78, 5) is 0. The molecule has 1 spiro atoms. The average molecular weight is 276 g/mol. The molecule has 0 aromatic heterocycles. The molecule has 0 amide bonds. The number of ether oxygens (including phenoxy) is 4. The second-order valence-electron chi connectivity index (χ2n) is 5.81. The van der Waals surface area contributed by atoms with E-state index in [9.17, 15) is 0 Å². The fourth-order valence-corrected chi connectivity index (χ4v) is 3.43. The second-order valence-corrected chi connectivity index (χ2v) is 5.81. The van der Waals surface area contributed by atoms with Crippen LogP contribution in [-0.2, 0) is 25.6 Å². The lowest BCUT2D eigenvalue weighted by Crippen LogP contribution is -2.55. The summed E-state index contributed by atoms with van der Waals surface area (Å²) in [5, 5.41) is 0. The van der Waals surface area contributed by atoms with E-state index in [1.165, 1.54) is 5.56 Å². The Hall–Kier alpha value is -0.940. The Morgan fingerprint density at radius 1 is 1.25 bits per heavy atom. The minimum Gasteiger partial charge on any atom is -0.373 e. The van der Waals surface area contributed by atoms with Crippen LogP contribution in [-0.4, -0.2) is 37.3 Å². The van der Waals surface area contributed by atoms with Gasteiger partial charge < -0.3 is 18.9 Å². The number of hydrogen-bond donors (Lipinski definition) is 0. The highest BCUT2D eigenvalue weighted by molar-refractivity contribution is 5.13. The van der Waals surface area contributed by atoms with Crippen LogP contribution in [0.2, 0.25) is 0 Å². The summed E-state index contributed by atoms with van der Waals surface area (Å²) >= 11 is 0. The van der Waals surface area contributed by atoms with Crippen LogP contribution in [0.25, 0.3) is 0 Å². The summed E-state index contributed by atoms with van der Waals surface area (Å²) in [6.07, 6.45) is 2.97. The quantitative estimate of drug-likeness (QED) is 0.848. The fourth-order valence-electron chi connectivity index (χ4n) is 3.43. The van der Waals surface area contributed by atoms with Crippen LogP contribution in [0, 0.1) is 0 Å². The van der Waals surface area contributed by atoms with Crippen molar-refractivity contribution >= 4 is 0 Å². The minimum absolute atomic E-state index is 0.0239. The molecule has 3 aliphatic heterocycles. The summed E-state index contributed by atoms with van der Waals surface area (Å²) in [5.41, 5.74) is 1.19. The Morgan fingerprint density at radius 3 is 3.05 bits per heavy atom. The normalized spacial score (nSPS) is 39.5. The van der Waals surface area contributed by atoms with Crippen molar-refractivity contribution in [3.05, 3.63) is 35.9 Å². The van der Waals surface area contributed by atoms with Gasteiger partial charge in [-0.25, -0.2) is 0 Å². The van der Waals surface area contributed by atoms with E-state index in [1.54, 1.807) is 0 Å². The van der Waals surface area contributed by atoms with Gasteiger partial charge in [0.25, 0.3) is 0 Å². The molecule has 1 unspecified atom stereocenters. The topological polar surface area (TPSA) is 36.9 Å². The van der Waals surface area contributed by atoms with Gasteiger partial charge in [0.15, 0.2) is 5.79 Å². The van der Waals surface area contributed by atoms with Crippen molar-refractivity contribution in [1.82, 2.24) is 0 Å². The first-order valence-corrected chi connectivity index (χ1v) is 7.45. The molecule has 4 rings (SSSR count). The fraction of sp³-hybridized carbons (Fsp3) is 0.625. The van der Waals surface area contributed by atoms with Crippen LogP contribution < -0.4 is 0 Å². The zero-order valence-electron chi connectivity index (χ0n) is 11.5. The Bertz CT molecular complexity index is 463. The van der Waals surface area contributed by atoms with E-state index in [1.807, 2.05) is 18.2 Å². The molecule has 1 aromatic rings. The van der Waals surface area contributed by atoms with E-state index in [2.05, 4.69) is 12.1 Å². The van der Waals surface area contributed by atoms with E-state index in [-0.39, 0.29) is 18.3 Å². The minimum atomic E-state index is -0.477. The number of benzene rings is 1. The third-order valence-corrected chi connectivity index (χ3v) is 4.49. The molecule has 0 radical (unpaired) electrons. The molecular formula is C16H20O4. The predicted molar refractivity (Wildman–Crippen MR) is 72.2 cm³/mol. The number of fused-ring (bicyclic) bond motifs is 1. The van der Waals surface area contributed by atoms with E-state index >= 15 is 0 Å². The molecule has 3 aliphatic rings. The van der Waals surface area contributed by atoms with Gasteiger partial charge in [-0.15, -0.1) is 0 Å². The molecule has 3 heterocycles. The predicted octanol–water partition coefficient (Wildman–Crippen LogP) is 2.27. The summed E-state index contributed by atoms with van der Waals surface area (Å²) in [5.74, 6) is -0.477. The highest BCUT2D eigenvalue weighted by atomic mass is 16.8. The lowest BCUT2D eigenvalue weighted by molar-refractivity contribution is -0.298. The van der Waals surface area contributed by atoms with Crippen LogP contribution in [0.3, 0.4) is 0 Å². The van der Waals surface area contributed by atoms with Crippen LogP contribution in [0.1, 0.15) is 24.8 Å². The first kappa shape index (κ1) is 12.8. The first-order valence-electron chi connectivity index (χ1n) is 7.45. The highest BCUT2D eigenvalue weighted by Gasteiger charge is 2.57. The Kier molecular flexibility index (Phi) is 3.27. The molecule has 4 atom stereocenters. The third kappa shape index (κ3) is 2.17. The largest absolute Gasteiger partial charge is 0.373 e. The standard InChI is InChI=1S/C16H20O4/c1-2-5-12(6-3-1)10-18-13-9-15-16(7-4-8-17-15)19-11-14(13)20-16/h1-3,5-6,13-15H,4,7-11H2/t13-,14?,15+,16+/m0/s1. The van der Waals surface area contributed by atoms with Crippen LogP contribution in [0.4, 0.5) is 0 Å². The van der Waals surface area contributed by atoms with Gasteiger partial charge in [-0.1, -0.05) is 30.3 Å². The van der Waals surface area contributed by atoms with E-state index < -0.39 is 5.79 Å². The molecule has 3 saturated heterocycles. The summed E-state index contributed by atoms with van der Waals surface area (Å²) in [6, 6.07) is 10.2. The van der Waals surface area contributed by atoms with Crippen LogP contribution in [0.5, 0.6) is 0 Å². The van der Waals surface area contributed by atoms with Gasteiger partial charge in [-0.2, -0.15) is 0 Å². The third-order valence-electron chi connectivity index (χ3n) is 4.49. The van der Waals surface area contributed by atoms with Gasteiger partial charge in [0.2, 0.25) is 0 Å². The Balaban J connectivity index is 1.43. The SMILES string of the molecule is c1ccc(CO[C@H]2C[C@H]3OCCC[C@]34OCC2O4)cc1. The highest BCUT2D eigenvalue weighted by Crippen LogP contribution is 2.44. The zero-order valence-corrected chi connectivity index (χ0v) is 11.5. The van der Waals surface area contributed by atoms with Crippen molar-refractivity contribution in [3.8, 4) is 0 Å². The zero-order chi connectivity index (χ0) is 13.4. The molecule has 108 valence electrons. The lowest BCUT2D eigenvalue weighted by Gasteiger charge is -2.44. The summed E-state index contributed by atoms with van der Waals surface area (Å²) < 4.78 is 24.0. The Morgan fingerprint density at radius 2 is 2.15 bits per heavy atom. The van der Waals surface area contributed by atoms with Gasteiger partial charge in [-0.3, -0.25) is 0 Å². The number of rotatable bonds is 3. The molecule has 0 N–H and O–H groups in total. The molecule has 4 nitrogen and oxygen atoms in total. The molecule has 1 aromatic carbocycles. The monoisotopic (exact) mass is 276 g/mol. The van der Waals surface area contributed by atoms with Crippen molar-refractivity contribution < 1.29 is 18.9 Å². The van der Waals surface area contributed by atoms with Gasteiger partial charge in [0.1, 0.15) is 12.2 Å². The molecule has 3 fully saturated rings. The van der Waals surface area contributed by atoms with Gasteiger partial charge in [0.05, 0.1) is 19.3 Å². The maximum absolute atomic E-state index is 6.12. The number of hydrogen-bond acceptors (Lipinski definition) is 4. The molecule has 2 bridgehead atoms. The lowest BCUT2D eigenvalue weighted by atomic mass is 9.92. The maximum atomic E-state index is 6.12. The molecular weight excluding hydrogens is 256 g/mol. The maximum Gasteiger partial charge on any atom is 0.195 e. The van der Waals surface area contributed by atoms with E-state index in [0.29, 0.717) is 13.2 Å². The van der Waals surface area contributed by atoms with Crippen molar-refractivity contribution in [2.45, 2.75) is 50.0 Å². The molecule has 0 aliphatic carbocycles. The van der Waals surface area contributed by atoms with Crippen LogP contribution in [0.15, 0.2) is 30.3 Å². The molecule has 0 saturated carbocycles. The van der Waals surface area contributed by atoms with Crippen molar-refractivity contribution in [2.24, 2.45) is 0 Å².